The van der Waals surface area contributed by atoms with Gasteiger partial charge in [0, 0.05) is 18.8 Å². The SMILES string of the molecule is CCN1/C(=C\C=N\c2ccccc2)Oc2ccc(-c3ccccc3)cc21. The second kappa shape index (κ2) is 7.28. The van der Waals surface area contributed by atoms with Crippen LogP contribution in [0, 0.1) is 0 Å². The number of allylic oxidation sites excluding steroid dienone is 1. The van der Waals surface area contributed by atoms with Gasteiger partial charge >= 0.3 is 0 Å². The number of fused-ring (bicyclic) bond motifs is 1. The molecule has 4 rings (SSSR count). The summed E-state index contributed by atoms with van der Waals surface area (Å²) < 4.78 is 6.04. The lowest BCUT2D eigenvalue weighted by atomic mass is 10.0. The predicted octanol–water partition coefficient (Wildman–Crippen LogP) is 5.82. The summed E-state index contributed by atoms with van der Waals surface area (Å²) in [6, 6.07) is 26.6. The lowest BCUT2D eigenvalue weighted by Crippen LogP contribution is -2.19. The van der Waals surface area contributed by atoms with Crippen LogP contribution in [0.4, 0.5) is 11.4 Å². The molecule has 3 nitrogen and oxygen atoms in total. The normalized spacial score (nSPS) is 14.7. The number of ether oxygens (including phenoxy) is 1. The van der Waals surface area contributed by atoms with Gasteiger partial charge in [-0.2, -0.15) is 0 Å². The Bertz CT molecular complexity index is 946. The summed E-state index contributed by atoms with van der Waals surface area (Å²) in [5.41, 5.74) is 4.41. The zero-order valence-electron chi connectivity index (χ0n) is 14.7. The van der Waals surface area contributed by atoms with Crippen LogP contribution >= 0.6 is 0 Å². The van der Waals surface area contributed by atoms with Crippen LogP contribution in [0.1, 0.15) is 6.92 Å². The Hall–Kier alpha value is -3.33. The topological polar surface area (TPSA) is 24.8 Å². The molecule has 0 saturated carbocycles. The van der Waals surface area contributed by atoms with Crippen molar-refractivity contribution in [2.75, 3.05) is 11.4 Å². The third-order valence-electron chi connectivity index (χ3n) is 4.35. The lowest BCUT2D eigenvalue weighted by Gasteiger charge is -2.15. The van der Waals surface area contributed by atoms with Crippen LogP contribution in [-0.4, -0.2) is 12.8 Å². The smallest absolute Gasteiger partial charge is 0.202 e. The standard InChI is InChI=1S/C23H20N2O/c1-2-25-21-17-19(18-9-5-3-6-10-18)13-14-22(21)26-23(25)15-16-24-20-11-7-4-8-12-20/h3-17H,2H2,1H3/b23-15+,24-16+. The van der Waals surface area contributed by atoms with Crippen molar-refractivity contribution in [3.05, 3.63) is 90.8 Å². The van der Waals surface area contributed by atoms with E-state index in [9.17, 15) is 0 Å². The molecular weight excluding hydrogens is 320 g/mol. The first kappa shape index (κ1) is 16.2. The van der Waals surface area contributed by atoms with Crippen molar-refractivity contribution in [3.8, 4) is 16.9 Å². The molecule has 0 aliphatic carbocycles. The number of para-hydroxylation sites is 1. The fraction of sp³-hybridized carbons (Fsp3) is 0.0870. The molecule has 0 radical (unpaired) electrons. The molecule has 3 aromatic rings. The number of benzene rings is 3. The van der Waals surface area contributed by atoms with E-state index < -0.39 is 0 Å². The zero-order valence-corrected chi connectivity index (χ0v) is 14.7. The van der Waals surface area contributed by atoms with E-state index in [0.717, 1.165) is 29.6 Å². The predicted molar refractivity (Wildman–Crippen MR) is 108 cm³/mol. The van der Waals surface area contributed by atoms with Crippen molar-refractivity contribution < 1.29 is 4.74 Å². The Balaban J connectivity index is 1.61. The molecule has 3 aromatic carbocycles. The summed E-state index contributed by atoms with van der Waals surface area (Å²) in [5.74, 6) is 1.68. The monoisotopic (exact) mass is 340 g/mol. The molecule has 0 N–H and O–H groups in total. The largest absolute Gasteiger partial charge is 0.439 e. The minimum atomic E-state index is 0.799. The molecule has 1 aliphatic heterocycles. The Morgan fingerprint density at radius 3 is 2.35 bits per heavy atom. The molecule has 0 fully saturated rings. The van der Waals surface area contributed by atoms with Crippen LogP contribution in [0.3, 0.4) is 0 Å². The molecule has 0 spiro atoms. The van der Waals surface area contributed by atoms with Crippen molar-refractivity contribution in [1.29, 1.82) is 0 Å². The molecule has 0 aromatic heterocycles. The molecule has 26 heavy (non-hydrogen) atoms. The summed E-state index contributed by atoms with van der Waals surface area (Å²) in [6.45, 7) is 2.95. The minimum Gasteiger partial charge on any atom is -0.439 e. The van der Waals surface area contributed by atoms with Gasteiger partial charge in [-0.05, 0) is 42.3 Å². The maximum Gasteiger partial charge on any atom is 0.202 e. The molecule has 1 aliphatic rings. The second-order valence-electron chi connectivity index (χ2n) is 6.01. The average molecular weight is 340 g/mol. The molecule has 0 atom stereocenters. The number of anilines is 1. The fourth-order valence-corrected chi connectivity index (χ4v) is 3.06. The van der Waals surface area contributed by atoms with Crippen molar-refractivity contribution in [3.63, 3.8) is 0 Å². The Kier molecular flexibility index (Phi) is 4.52. The average Bonchev–Trinajstić information content (AvgIpc) is 3.06. The summed E-state index contributed by atoms with van der Waals surface area (Å²) in [5, 5.41) is 0. The number of rotatable bonds is 4. The number of aliphatic imine (C=N–C) groups is 1. The maximum absolute atomic E-state index is 6.04. The molecule has 1 heterocycles. The number of nitrogens with zero attached hydrogens (tertiary/aromatic N) is 2. The highest BCUT2D eigenvalue weighted by Gasteiger charge is 2.25. The van der Waals surface area contributed by atoms with Crippen LogP contribution < -0.4 is 9.64 Å². The Morgan fingerprint density at radius 1 is 0.885 bits per heavy atom. The van der Waals surface area contributed by atoms with Crippen LogP contribution in [0.5, 0.6) is 5.75 Å². The molecule has 3 heteroatoms. The molecular formula is C23H20N2O. The van der Waals surface area contributed by atoms with Crippen molar-refractivity contribution >= 4 is 17.6 Å². The quantitative estimate of drug-likeness (QED) is 0.559. The maximum atomic E-state index is 6.04. The van der Waals surface area contributed by atoms with E-state index >= 15 is 0 Å². The zero-order chi connectivity index (χ0) is 17.8. The Morgan fingerprint density at radius 2 is 1.62 bits per heavy atom. The van der Waals surface area contributed by atoms with Gasteiger partial charge in [0.25, 0.3) is 0 Å². The number of hydrogen-bond donors (Lipinski definition) is 0. The van der Waals surface area contributed by atoms with Crippen LogP contribution in [0.15, 0.2) is 95.8 Å². The first-order chi connectivity index (χ1) is 12.8. The van der Waals surface area contributed by atoms with Gasteiger partial charge in [-0.3, -0.25) is 4.99 Å². The highest BCUT2D eigenvalue weighted by atomic mass is 16.5. The first-order valence-corrected chi connectivity index (χ1v) is 8.79. The second-order valence-corrected chi connectivity index (χ2v) is 6.01. The number of hydrogen-bond acceptors (Lipinski definition) is 3. The van der Waals surface area contributed by atoms with Crippen molar-refractivity contribution in [1.82, 2.24) is 0 Å². The fourth-order valence-electron chi connectivity index (χ4n) is 3.06. The third kappa shape index (κ3) is 3.24. The van der Waals surface area contributed by atoms with E-state index in [1.165, 1.54) is 11.1 Å². The summed E-state index contributed by atoms with van der Waals surface area (Å²) >= 11 is 0. The van der Waals surface area contributed by atoms with E-state index in [-0.39, 0.29) is 0 Å². The highest BCUT2D eigenvalue weighted by molar-refractivity contribution is 5.80. The molecule has 0 saturated heterocycles. The van der Waals surface area contributed by atoms with E-state index in [1.807, 2.05) is 48.5 Å². The van der Waals surface area contributed by atoms with Gasteiger partial charge in [0.05, 0.1) is 11.4 Å². The van der Waals surface area contributed by atoms with E-state index in [0.29, 0.717) is 0 Å². The lowest BCUT2D eigenvalue weighted by molar-refractivity contribution is 0.441. The van der Waals surface area contributed by atoms with Gasteiger partial charge in [0.2, 0.25) is 5.88 Å². The van der Waals surface area contributed by atoms with Gasteiger partial charge in [0.1, 0.15) is 0 Å². The molecule has 128 valence electrons. The van der Waals surface area contributed by atoms with Crippen LogP contribution in [0.25, 0.3) is 11.1 Å². The van der Waals surface area contributed by atoms with Gasteiger partial charge < -0.3 is 9.64 Å². The first-order valence-electron chi connectivity index (χ1n) is 8.79. The summed E-state index contributed by atoms with van der Waals surface area (Å²) in [6.07, 6.45) is 3.70. The highest BCUT2D eigenvalue weighted by Crippen LogP contribution is 2.41. The van der Waals surface area contributed by atoms with Gasteiger partial charge in [-0.25, -0.2) is 0 Å². The van der Waals surface area contributed by atoms with Crippen molar-refractivity contribution in [2.24, 2.45) is 4.99 Å². The molecule has 0 unspecified atom stereocenters. The summed E-state index contributed by atoms with van der Waals surface area (Å²) in [7, 11) is 0. The van der Waals surface area contributed by atoms with Crippen LogP contribution in [-0.2, 0) is 0 Å². The molecule has 0 amide bonds. The summed E-state index contributed by atoms with van der Waals surface area (Å²) in [4.78, 5) is 6.62. The minimum absolute atomic E-state index is 0.799. The van der Waals surface area contributed by atoms with Gasteiger partial charge in [-0.1, -0.05) is 54.6 Å². The van der Waals surface area contributed by atoms with E-state index in [4.69, 9.17) is 4.74 Å². The molecule has 0 bridgehead atoms. The Labute approximate surface area is 153 Å². The van der Waals surface area contributed by atoms with Gasteiger partial charge in [0.15, 0.2) is 5.75 Å². The van der Waals surface area contributed by atoms with Crippen molar-refractivity contribution in [2.45, 2.75) is 6.92 Å². The third-order valence-corrected chi connectivity index (χ3v) is 4.35. The van der Waals surface area contributed by atoms with E-state index in [1.54, 1.807) is 6.21 Å². The van der Waals surface area contributed by atoms with E-state index in [2.05, 4.69) is 53.2 Å². The van der Waals surface area contributed by atoms with Gasteiger partial charge in [-0.15, -0.1) is 0 Å². The van der Waals surface area contributed by atoms with Crippen LogP contribution in [0.2, 0.25) is 0 Å².